The van der Waals surface area contributed by atoms with Crippen molar-refractivity contribution in [1.82, 2.24) is 4.90 Å². The fourth-order valence-electron chi connectivity index (χ4n) is 2.89. The highest BCUT2D eigenvalue weighted by atomic mass is 16.3. The lowest BCUT2D eigenvalue weighted by Crippen LogP contribution is -2.47. The number of hydrogen-bond acceptors (Lipinski definition) is 3. The van der Waals surface area contributed by atoms with Crippen LogP contribution in [-0.4, -0.2) is 46.5 Å². The number of aliphatic hydroxyl groups is 2. The van der Waals surface area contributed by atoms with Gasteiger partial charge in [0.25, 0.3) is 0 Å². The normalized spacial score (nSPS) is 19.9. The molecule has 0 aromatic carbocycles. The second-order valence-electron chi connectivity index (χ2n) is 5.10. The van der Waals surface area contributed by atoms with Crippen molar-refractivity contribution in [2.24, 2.45) is 0 Å². The summed E-state index contributed by atoms with van der Waals surface area (Å²) in [6, 6.07) is 0.497. The van der Waals surface area contributed by atoms with Gasteiger partial charge in [0.15, 0.2) is 0 Å². The molecule has 0 bridgehead atoms. The van der Waals surface area contributed by atoms with Crippen molar-refractivity contribution in [3.8, 4) is 0 Å². The molecule has 1 aliphatic carbocycles. The summed E-state index contributed by atoms with van der Waals surface area (Å²) in [5.74, 6) is 0. The van der Waals surface area contributed by atoms with Gasteiger partial charge in [-0.2, -0.15) is 0 Å². The topological polar surface area (TPSA) is 43.7 Å². The predicted octanol–water partition coefficient (Wildman–Crippen LogP) is 1.77. The molecule has 3 nitrogen and oxygen atoms in total. The highest BCUT2D eigenvalue weighted by molar-refractivity contribution is 4.88. The van der Waals surface area contributed by atoms with Crippen molar-refractivity contribution in [3.05, 3.63) is 0 Å². The molecule has 0 spiro atoms. The van der Waals surface area contributed by atoms with Gasteiger partial charge in [-0.25, -0.2) is 0 Å². The van der Waals surface area contributed by atoms with Crippen molar-refractivity contribution in [3.63, 3.8) is 0 Å². The maximum atomic E-state index is 10.4. The molecule has 0 heterocycles. The molecule has 96 valence electrons. The number of aliphatic hydroxyl groups excluding tert-OH is 1. The molecule has 1 fully saturated rings. The summed E-state index contributed by atoms with van der Waals surface area (Å²) in [6.07, 6.45) is 6.32. The minimum absolute atomic E-state index is 0.187. The molecule has 0 aromatic rings. The van der Waals surface area contributed by atoms with Crippen molar-refractivity contribution in [1.29, 1.82) is 0 Å². The third-order valence-electron chi connectivity index (χ3n) is 3.88. The van der Waals surface area contributed by atoms with Crippen LogP contribution in [0.2, 0.25) is 0 Å². The summed E-state index contributed by atoms with van der Waals surface area (Å²) in [5.41, 5.74) is -0.488. The lowest BCUT2D eigenvalue weighted by molar-refractivity contribution is -0.00936. The Kier molecular flexibility index (Phi) is 5.73. The lowest BCUT2D eigenvalue weighted by atomic mass is 9.99. The van der Waals surface area contributed by atoms with E-state index in [0.717, 1.165) is 45.1 Å². The average Bonchev–Trinajstić information content (AvgIpc) is 2.67. The molecule has 0 aromatic heterocycles. The molecule has 1 rings (SSSR count). The number of rotatable bonds is 7. The van der Waals surface area contributed by atoms with Crippen LogP contribution in [0.3, 0.4) is 0 Å². The van der Waals surface area contributed by atoms with Crippen molar-refractivity contribution in [2.45, 2.75) is 64.0 Å². The van der Waals surface area contributed by atoms with Crippen LogP contribution in [0.1, 0.15) is 52.4 Å². The first-order valence-electron chi connectivity index (χ1n) is 6.72. The van der Waals surface area contributed by atoms with E-state index in [1.54, 1.807) is 0 Å². The van der Waals surface area contributed by atoms with Crippen LogP contribution >= 0.6 is 0 Å². The summed E-state index contributed by atoms with van der Waals surface area (Å²) in [5, 5.41) is 19.5. The molecule has 1 saturated carbocycles. The molecule has 0 aliphatic heterocycles. The Balaban J connectivity index is 2.55. The Bertz CT molecular complexity index is 186. The van der Waals surface area contributed by atoms with E-state index < -0.39 is 5.60 Å². The fraction of sp³-hybridized carbons (Fsp3) is 1.00. The molecule has 0 radical (unpaired) electrons. The van der Waals surface area contributed by atoms with Crippen LogP contribution in [0.5, 0.6) is 0 Å². The third kappa shape index (κ3) is 3.72. The van der Waals surface area contributed by atoms with E-state index in [4.69, 9.17) is 5.11 Å². The minimum Gasteiger partial charge on any atom is -0.395 e. The quantitative estimate of drug-likeness (QED) is 0.699. The van der Waals surface area contributed by atoms with Crippen LogP contribution in [0.15, 0.2) is 0 Å². The van der Waals surface area contributed by atoms with Crippen LogP contribution < -0.4 is 0 Å². The number of nitrogens with zero attached hydrogens (tertiary/aromatic N) is 1. The van der Waals surface area contributed by atoms with Crippen molar-refractivity contribution >= 4 is 0 Å². The highest BCUT2D eigenvalue weighted by Gasteiger charge is 2.34. The first kappa shape index (κ1) is 13.9. The van der Waals surface area contributed by atoms with Gasteiger partial charge in [-0.05, 0) is 25.7 Å². The molecule has 1 aliphatic rings. The standard InChI is InChI=1S/C13H27NO2/c1-3-12(4-2)14(9-10-15)11-13(16)7-5-6-8-13/h12,15-16H,3-11H2,1-2H3. The zero-order valence-corrected chi connectivity index (χ0v) is 10.8. The summed E-state index contributed by atoms with van der Waals surface area (Å²) in [6.45, 7) is 5.97. The van der Waals surface area contributed by atoms with E-state index >= 15 is 0 Å². The molecule has 0 amide bonds. The van der Waals surface area contributed by atoms with Gasteiger partial charge < -0.3 is 10.2 Å². The third-order valence-corrected chi connectivity index (χ3v) is 3.88. The molecule has 0 saturated heterocycles. The van der Waals surface area contributed by atoms with E-state index in [1.807, 2.05) is 0 Å². The maximum absolute atomic E-state index is 10.4. The zero-order valence-electron chi connectivity index (χ0n) is 10.8. The largest absolute Gasteiger partial charge is 0.395 e. The number of hydrogen-bond donors (Lipinski definition) is 2. The van der Waals surface area contributed by atoms with Crippen LogP contribution in [-0.2, 0) is 0 Å². The van der Waals surface area contributed by atoms with Crippen LogP contribution in [0.25, 0.3) is 0 Å². The van der Waals surface area contributed by atoms with Gasteiger partial charge in [-0.1, -0.05) is 26.7 Å². The van der Waals surface area contributed by atoms with Crippen molar-refractivity contribution in [2.75, 3.05) is 19.7 Å². The van der Waals surface area contributed by atoms with Crippen molar-refractivity contribution < 1.29 is 10.2 Å². The smallest absolute Gasteiger partial charge is 0.0774 e. The molecule has 0 atom stereocenters. The average molecular weight is 229 g/mol. The fourth-order valence-corrected chi connectivity index (χ4v) is 2.89. The van der Waals surface area contributed by atoms with Crippen LogP contribution in [0, 0.1) is 0 Å². The van der Waals surface area contributed by atoms with E-state index in [1.165, 1.54) is 0 Å². The summed E-state index contributed by atoms with van der Waals surface area (Å²) in [7, 11) is 0. The van der Waals surface area contributed by atoms with Gasteiger partial charge >= 0.3 is 0 Å². The van der Waals surface area contributed by atoms with E-state index in [2.05, 4.69) is 18.7 Å². The molecule has 3 heteroatoms. The first-order valence-corrected chi connectivity index (χ1v) is 6.72. The van der Waals surface area contributed by atoms with Gasteiger partial charge in [0.1, 0.15) is 0 Å². The Morgan fingerprint density at radius 1 is 1.19 bits per heavy atom. The SMILES string of the molecule is CCC(CC)N(CCO)CC1(O)CCCC1. The predicted molar refractivity (Wildman–Crippen MR) is 66.4 cm³/mol. The summed E-state index contributed by atoms with van der Waals surface area (Å²) >= 11 is 0. The first-order chi connectivity index (χ1) is 7.65. The molecule has 16 heavy (non-hydrogen) atoms. The minimum atomic E-state index is -0.488. The molecular formula is C13H27NO2. The Hall–Kier alpha value is -0.120. The van der Waals surface area contributed by atoms with Gasteiger partial charge in [0.05, 0.1) is 12.2 Å². The van der Waals surface area contributed by atoms with Crippen LogP contribution in [0.4, 0.5) is 0 Å². The second kappa shape index (κ2) is 6.58. The molecule has 0 unspecified atom stereocenters. The summed E-state index contributed by atoms with van der Waals surface area (Å²) in [4.78, 5) is 2.27. The monoisotopic (exact) mass is 229 g/mol. The van der Waals surface area contributed by atoms with Gasteiger partial charge in [0, 0.05) is 19.1 Å². The molecule has 2 N–H and O–H groups in total. The van der Waals surface area contributed by atoms with Gasteiger partial charge in [0.2, 0.25) is 0 Å². The molecular weight excluding hydrogens is 202 g/mol. The zero-order chi connectivity index (χ0) is 12.0. The van der Waals surface area contributed by atoms with Gasteiger partial charge in [-0.3, -0.25) is 4.90 Å². The highest BCUT2D eigenvalue weighted by Crippen LogP contribution is 2.31. The van der Waals surface area contributed by atoms with E-state index in [0.29, 0.717) is 12.6 Å². The summed E-state index contributed by atoms with van der Waals surface area (Å²) < 4.78 is 0. The van der Waals surface area contributed by atoms with Gasteiger partial charge in [-0.15, -0.1) is 0 Å². The Labute approximate surface area is 99.5 Å². The Morgan fingerprint density at radius 3 is 2.19 bits per heavy atom. The lowest BCUT2D eigenvalue weighted by Gasteiger charge is -2.36. The maximum Gasteiger partial charge on any atom is 0.0774 e. The van der Waals surface area contributed by atoms with E-state index in [9.17, 15) is 5.11 Å². The second-order valence-corrected chi connectivity index (χ2v) is 5.10. The Morgan fingerprint density at radius 2 is 1.75 bits per heavy atom. The van der Waals surface area contributed by atoms with E-state index in [-0.39, 0.29) is 6.61 Å².